The van der Waals surface area contributed by atoms with Gasteiger partial charge in [-0.05, 0) is 35.0 Å². The number of phenols is 1. The zero-order chi connectivity index (χ0) is 15.2. The van der Waals surface area contributed by atoms with E-state index in [-0.39, 0.29) is 69.4 Å². The van der Waals surface area contributed by atoms with E-state index in [1.54, 1.807) is 18.2 Å². The molecule has 0 unspecified atom stereocenters. The fourth-order valence-electron chi connectivity index (χ4n) is 2.24. The molecule has 0 bridgehead atoms. The van der Waals surface area contributed by atoms with Gasteiger partial charge >= 0.3 is 10.2 Å². The number of hydrogen-bond acceptors (Lipinski definition) is 5. The van der Waals surface area contributed by atoms with Crippen LogP contribution in [0.2, 0.25) is 0 Å². The number of phenolic OH excluding ortho intramolecular Hbond substituents is 1. The minimum absolute atomic E-state index is 0. The number of carbonyl (C=O) groups is 1. The molecule has 1 radical (unpaired) electrons. The Morgan fingerprint density at radius 1 is 1.23 bits per heavy atom. The number of amides is 1. The first kappa shape index (κ1) is 17.5. The van der Waals surface area contributed by atoms with Crippen molar-refractivity contribution in [1.29, 1.82) is 0 Å². The van der Waals surface area contributed by atoms with Crippen LogP contribution in [-0.4, -0.2) is 84.5 Å². The largest absolute Gasteiger partial charge is 0.506 e. The summed E-state index contributed by atoms with van der Waals surface area (Å²) in [5.41, 5.74) is 0.0501. The van der Waals surface area contributed by atoms with Crippen molar-refractivity contribution in [2.45, 2.75) is 0 Å². The van der Waals surface area contributed by atoms with Crippen molar-refractivity contribution in [3.63, 3.8) is 0 Å². The van der Waals surface area contributed by atoms with E-state index in [1.807, 2.05) is 4.72 Å². The number of fused-ring (bicyclic) bond motifs is 1. The Labute approximate surface area is 169 Å². The molecule has 111 valence electrons. The topological polar surface area (TPSA) is 95.9 Å². The first-order valence-corrected chi connectivity index (χ1v) is 7.49. The summed E-state index contributed by atoms with van der Waals surface area (Å²) in [4.78, 5) is 11.3. The summed E-state index contributed by atoms with van der Waals surface area (Å²) in [7, 11) is -2.43. The third kappa shape index (κ3) is 3.10. The summed E-state index contributed by atoms with van der Waals surface area (Å²) in [6, 6.07) is 8.16. The molecule has 7 nitrogen and oxygen atoms in total. The van der Waals surface area contributed by atoms with E-state index in [9.17, 15) is 18.3 Å². The monoisotopic (exact) mass is 347 g/mol. The molecule has 0 aliphatic carbocycles. The third-order valence-corrected chi connectivity index (χ3v) is 4.62. The molecule has 0 saturated carbocycles. The van der Waals surface area contributed by atoms with E-state index in [2.05, 4.69) is 0 Å². The summed E-state index contributed by atoms with van der Waals surface area (Å²) >= 11 is 0. The van der Waals surface area contributed by atoms with E-state index in [0.717, 1.165) is 9.69 Å². The van der Waals surface area contributed by atoms with E-state index < -0.39 is 16.1 Å². The minimum Gasteiger partial charge on any atom is -0.506 e. The molecule has 2 N–H and O–H groups in total. The van der Waals surface area contributed by atoms with Crippen molar-refractivity contribution >= 4 is 84.0 Å². The van der Waals surface area contributed by atoms with E-state index in [0.29, 0.717) is 11.1 Å². The maximum absolute atomic E-state index is 11.8. The molecule has 1 aliphatic heterocycles. The zero-order valence-electron chi connectivity index (χ0n) is 12.0. The molecule has 1 heterocycles. The molecule has 0 spiro atoms. The number of aromatic hydroxyl groups is 1. The molecule has 22 heavy (non-hydrogen) atoms. The molecule has 1 amide bonds. The van der Waals surface area contributed by atoms with Crippen LogP contribution in [0.3, 0.4) is 0 Å². The standard InChI is InChI=1S/C13H12N2O5S.K/c1-20-10-3-2-8-6-12(16)11(5-9(8)4-10)15-7-13(17)14-21(15,18)19;/h2-6,16H,7H2,1H3,(H,14,17);. The molecule has 1 saturated heterocycles. The van der Waals surface area contributed by atoms with Crippen LogP contribution < -0.4 is 13.8 Å². The van der Waals surface area contributed by atoms with Gasteiger partial charge in [-0.3, -0.25) is 4.79 Å². The van der Waals surface area contributed by atoms with Crippen LogP contribution in [0.1, 0.15) is 0 Å². The predicted octanol–water partition coefficient (Wildman–Crippen LogP) is 0.354. The maximum atomic E-state index is 11.8. The van der Waals surface area contributed by atoms with Gasteiger partial charge in [0.2, 0.25) is 0 Å². The first-order chi connectivity index (χ1) is 9.90. The number of methoxy groups -OCH3 is 1. The van der Waals surface area contributed by atoms with Gasteiger partial charge in [-0.2, -0.15) is 8.42 Å². The minimum atomic E-state index is -3.95. The second-order valence-electron chi connectivity index (χ2n) is 4.59. The number of nitrogens with one attached hydrogen (secondary N) is 1. The molecule has 2 aromatic rings. The van der Waals surface area contributed by atoms with Crippen molar-refractivity contribution in [2.75, 3.05) is 18.0 Å². The molecule has 1 aliphatic rings. The fourth-order valence-corrected chi connectivity index (χ4v) is 3.39. The Kier molecular flexibility index (Phi) is 5.05. The van der Waals surface area contributed by atoms with Gasteiger partial charge in [-0.25, -0.2) is 9.03 Å². The SMILES string of the molecule is COc1ccc2cc(O)c(N3CC(=O)NS3(=O)=O)cc2c1.[K]. The van der Waals surface area contributed by atoms with Crippen LogP contribution in [0, 0.1) is 0 Å². The first-order valence-electron chi connectivity index (χ1n) is 6.05. The zero-order valence-corrected chi connectivity index (χ0v) is 16.0. The number of carbonyl (C=O) groups excluding carboxylic acids is 1. The average molecular weight is 347 g/mol. The second kappa shape index (κ2) is 6.34. The number of nitrogens with zero attached hydrogens (tertiary/aromatic N) is 1. The molecule has 1 fully saturated rings. The summed E-state index contributed by atoms with van der Waals surface area (Å²) in [5, 5.41) is 11.5. The molecular weight excluding hydrogens is 335 g/mol. The quantitative estimate of drug-likeness (QED) is 0.765. The Morgan fingerprint density at radius 3 is 2.55 bits per heavy atom. The van der Waals surface area contributed by atoms with E-state index in [4.69, 9.17) is 4.74 Å². The molecular formula is C13H12KN2O5S. The number of rotatable bonds is 2. The summed E-state index contributed by atoms with van der Waals surface area (Å²) in [6.45, 7) is -0.356. The summed E-state index contributed by atoms with van der Waals surface area (Å²) in [5.74, 6) is -0.245. The van der Waals surface area contributed by atoms with Crippen molar-refractivity contribution in [2.24, 2.45) is 0 Å². The summed E-state index contributed by atoms with van der Waals surface area (Å²) in [6.07, 6.45) is 0. The van der Waals surface area contributed by atoms with Gasteiger partial charge in [-0.1, -0.05) is 6.07 Å². The Hall–Kier alpha value is -0.844. The van der Waals surface area contributed by atoms with Crippen molar-refractivity contribution in [1.82, 2.24) is 4.72 Å². The maximum Gasteiger partial charge on any atom is 0.326 e. The Morgan fingerprint density at radius 2 is 1.95 bits per heavy atom. The van der Waals surface area contributed by atoms with Crippen LogP contribution in [-0.2, 0) is 15.0 Å². The number of benzene rings is 2. The van der Waals surface area contributed by atoms with Gasteiger partial charge in [0.25, 0.3) is 5.91 Å². The number of hydrogen-bond donors (Lipinski definition) is 2. The van der Waals surface area contributed by atoms with Gasteiger partial charge in [-0.15, -0.1) is 0 Å². The third-order valence-electron chi connectivity index (χ3n) is 3.23. The van der Waals surface area contributed by atoms with Gasteiger partial charge in [0, 0.05) is 51.4 Å². The number of anilines is 1. The van der Waals surface area contributed by atoms with Crippen molar-refractivity contribution in [3.8, 4) is 11.5 Å². The van der Waals surface area contributed by atoms with Crippen LogP contribution >= 0.6 is 0 Å². The Balaban J connectivity index is 0.00000176. The van der Waals surface area contributed by atoms with Gasteiger partial charge in [0.1, 0.15) is 18.0 Å². The smallest absolute Gasteiger partial charge is 0.326 e. The molecule has 3 rings (SSSR count). The fraction of sp³-hybridized carbons (Fsp3) is 0.154. The van der Waals surface area contributed by atoms with Crippen LogP contribution in [0.25, 0.3) is 10.8 Å². The Bertz CT molecular complexity index is 853. The summed E-state index contributed by atoms with van der Waals surface area (Å²) < 4.78 is 31.5. The average Bonchev–Trinajstić information content (AvgIpc) is 2.70. The second-order valence-corrected chi connectivity index (χ2v) is 6.19. The van der Waals surface area contributed by atoms with Gasteiger partial charge in [0.15, 0.2) is 0 Å². The predicted molar refractivity (Wildman–Crippen MR) is 82.3 cm³/mol. The van der Waals surface area contributed by atoms with Crippen LogP contribution in [0.5, 0.6) is 11.5 Å². The van der Waals surface area contributed by atoms with E-state index in [1.165, 1.54) is 19.2 Å². The number of ether oxygens (including phenoxy) is 1. The van der Waals surface area contributed by atoms with Crippen LogP contribution in [0.15, 0.2) is 30.3 Å². The van der Waals surface area contributed by atoms with Gasteiger partial charge < -0.3 is 9.84 Å². The normalized spacial score (nSPS) is 16.2. The molecule has 9 heteroatoms. The molecule has 0 atom stereocenters. The van der Waals surface area contributed by atoms with Crippen LogP contribution in [0.4, 0.5) is 5.69 Å². The van der Waals surface area contributed by atoms with Crippen molar-refractivity contribution < 1.29 is 23.1 Å². The molecule has 2 aromatic carbocycles. The van der Waals surface area contributed by atoms with Gasteiger partial charge in [0.05, 0.1) is 12.8 Å². The van der Waals surface area contributed by atoms with Crippen molar-refractivity contribution in [3.05, 3.63) is 30.3 Å². The molecule has 0 aromatic heterocycles. The van der Waals surface area contributed by atoms with E-state index >= 15 is 0 Å².